The summed E-state index contributed by atoms with van der Waals surface area (Å²) < 4.78 is 5.63. The molecule has 0 radical (unpaired) electrons. The van der Waals surface area contributed by atoms with Gasteiger partial charge in [0.25, 0.3) is 5.91 Å². The number of aliphatic carboxylic acids is 1. The van der Waals surface area contributed by atoms with E-state index in [0.717, 1.165) is 12.0 Å². The van der Waals surface area contributed by atoms with E-state index in [1.54, 1.807) is 17.0 Å². The van der Waals surface area contributed by atoms with Crippen molar-refractivity contribution in [2.24, 2.45) is 5.92 Å². The van der Waals surface area contributed by atoms with Gasteiger partial charge in [-0.1, -0.05) is 23.7 Å². The molecule has 0 bridgehead atoms. The van der Waals surface area contributed by atoms with Crippen LogP contribution in [0.2, 0.25) is 5.02 Å². The molecule has 2 fully saturated rings. The number of carboxylic acids is 1. The Hall–Kier alpha value is -1.59. The van der Waals surface area contributed by atoms with Crippen LogP contribution in [-0.2, 0) is 14.3 Å². The Bertz CT molecular complexity index is 603. The number of likely N-dealkylation sites (tertiary alicyclic amines) is 1. The summed E-state index contributed by atoms with van der Waals surface area (Å²) in [5, 5.41) is 10.1. The predicted molar refractivity (Wildman–Crippen MR) is 85.5 cm³/mol. The minimum Gasteiger partial charge on any atom is -0.481 e. The topological polar surface area (TPSA) is 66.8 Å². The monoisotopic (exact) mass is 337 g/mol. The van der Waals surface area contributed by atoms with Gasteiger partial charge in [-0.05, 0) is 37.5 Å². The van der Waals surface area contributed by atoms with Crippen LogP contribution < -0.4 is 0 Å². The van der Waals surface area contributed by atoms with Crippen LogP contribution >= 0.6 is 11.6 Å². The fraction of sp³-hybridized carbons (Fsp3) is 0.529. The van der Waals surface area contributed by atoms with Crippen LogP contribution in [0.5, 0.6) is 0 Å². The van der Waals surface area contributed by atoms with Crippen LogP contribution in [0.3, 0.4) is 0 Å². The molecule has 23 heavy (non-hydrogen) atoms. The highest BCUT2D eigenvalue weighted by molar-refractivity contribution is 6.30. The van der Waals surface area contributed by atoms with Crippen molar-refractivity contribution in [3.63, 3.8) is 0 Å². The third kappa shape index (κ3) is 3.35. The fourth-order valence-electron chi connectivity index (χ4n) is 3.47. The van der Waals surface area contributed by atoms with E-state index in [9.17, 15) is 14.7 Å². The van der Waals surface area contributed by atoms with Crippen LogP contribution in [0.1, 0.15) is 31.2 Å². The Morgan fingerprint density at radius 3 is 2.48 bits per heavy atom. The summed E-state index contributed by atoms with van der Waals surface area (Å²) in [6.45, 7) is 2.59. The van der Waals surface area contributed by atoms with Crippen LogP contribution in [0.25, 0.3) is 0 Å². The van der Waals surface area contributed by atoms with Crippen molar-refractivity contribution < 1.29 is 19.4 Å². The Labute approximate surface area is 140 Å². The molecule has 124 valence electrons. The average molecular weight is 338 g/mol. The third-order valence-electron chi connectivity index (χ3n) is 4.75. The molecule has 1 aromatic carbocycles. The quantitative estimate of drug-likeness (QED) is 0.920. The van der Waals surface area contributed by atoms with Gasteiger partial charge < -0.3 is 14.7 Å². The van der Waals surface area contributed by atoms with E-state index in [0.29, 0.717) is 18.0 Å². The van der Waals surface area contributed by atoms with E-state index in [1.807, 2.05) is 19.1 Å². The highest BCUT2D eigenvalue weighted by Gasteiger charge is 2.43. The lowest BCUT2D eigenvalue weighted by Gasteiger charge is -2.20. The third-order valence-corrected chi connectivity index (χ3v) is 5.01. The first-order valence-corrected chi connectivity index (χ1v) is 8.26. The fourth-order valence-corrected chi connectivity index (χ4v) is 3.60. The first-order chi connectivity index (χ1) is 11.0. The highest BCUT2D eigenvalue weighted by atomic mass is 35.5. The molecule has 0 saturated carbocycles. The van der Waals surface area contributed by atoms with E-state index < -0.39 is 18.0 Å². The number of nitrogens with zero attached hydrogens (tertiary/aromatic N) is 1. The maximum atomic E-state index is 12.6. The van der Waals surface area contributed by atoms with Crippen molar-refractivity contribution >= 4 is 23.5 Å². The molecule has 2 aliphatic rings. The van der Waals surface area contributed by atoms with Gasteiger partial charge in [-0.3, -0.25) is 9.59 Å². The zero-order chi connectivity index (χ0) is 16.6. The Morgan fingerprint density at radius 1 is 1.22 bits per heavy atom. The summed E-state index contributed by atoms with van der Waals surface area (Å²) in [4.78, 5) is 25.8. The van der Waals surface area contributed by atoms with Gasteiger partial charge in [0.2, 0.25) is 0 Å². The van der Waals surface area contributed by atoms with E-state index in [4.69, 9.17) is 16.3 Å². The van der Waals surface area contributed by atoms with Gasteiger partial charge in [-0.15, -0.1) is 0 Å². The first kappa shape index (κ1) is 16.3. The average Bonchev–Trinajstić information content (AvgIpc) is 3.14. The summed E-state index contributed by atoms with van der Waals surface area (Å²) >= 11 is 5.90. The molecular formula is C17H20ClNO4. The molecular weight excluding hydrogens is 318 g/mol. The first-order valence-electron chi connectivity index (χ1n) is 7.88. The van der Waals surface area contributed by atoms with E-state index >= 15 is 0 Å². The van der Waals surface area contributed by atoms with E-state index in [2.05, 4.69) is 0 Å². The van der Waals surface area contributed by atoms with Crippen molar-refractivity contribution in [3.8, 4) is 0 Å². The van der Waals surface area contributed by atoms with Gasteiger partial charge in [0.1, 0.15) is 6.10 Å². The normalized spacial score (nSPS) is 30.6. The van der Waals surface area contributed by atoms with Crippen molar-refractivity contribution in [2.75, 3.05) is 13.1 Å². The SMILES string of the molecule is CC1CCC(C(=O)N2C[C@@H](C(=O)O)[C@H](c3ccc(Cl)cc3)C2)O1. The van der Waals surface area contributed by atoms with Gasteiger partial charge in [0, 0.05) is 24.0 Å². The second-order valence-corrected chi connectivity index (χ2v) is 6.80. The maximum absolute atomic E-state index is 12.6. The minimum absolute atomic E-state index is 0.0861. The van der Waals surface area contributed by atoms with Crippen molar-refractivity contribution in [3.05, 3.63) is 34.9 Å². The maximum Gasteiger partial charge on any atom is 0.308 e. The smallest absolute Gasteiger partial charge is 0.308 e. The standard InChI is InChI=1S/C17H20ClNO4/c1-10-2-7-15(23-10)16(20)19-8-13(14(9-19)17(21)22)11-3-5-12(18)6-4-11/h3-6,10,13-15H,2,7-9H2,1H3,(H,21,22)/t10?,13-,14+,15?/m0/s1. The van der Waals surface area contributed by atoms with Gasteiger partial charge in [-0.25, -0.2) is 0 Å². The Kier molecular flexibility index (Phi) is 4.60. The molecule has 6 heteroatoms. The molecule has 0 aromatic heterocycles. The van der Waals surface area contributed by atoms with Crippen LogP contribution in [0.15, 0.2) is 24.3 Å². The number of halogens is 1. The predicted octanol–water partition coefficient (Wildman–Crippen LogP) is 2.53. The lowest BCUT2D eigenvalue weighted by molar-refractivity contribution is -0.143. The Balaban J connectivity index is 1.77. The number of ether oxygens (including phenoxy) is 1. The van der Waals surface area contributed by atoms with Crippen LogP contribution in [0, 0.1) is 5.92 Å². The summed E-state index contributed by atoms with van der Waals surface area (Å²) in [7, 11) is 0. The summed E-state index contributed by atoms with van der Waals surface area (Å²) in [5.41, 5.74) is 0.901. The molecule has 2 aliphatic heterocycles. The molecule has 2 unspecified atom stereocenters. The van der Waals surface area contributed by atoms with Gasteiger partial charge in [0.15, 0.2) is 0 Å². The summed E-state index contributed by atoms with van der Waals surface area (Å²) in [5.74, 6) is -1.77. The molecule has 3 rings (SSSR count). The minimum atomic E-state index is -0.874. The van der Waals surface area contributed by atoms with E-state index in [-0.39, 0.29) is 24.5 Å². The number of hydrogen-bond acceptors (Lipinski definition) is 3. The molecule has 1 amide bonds. The second-order valence-electron chi connectivity index (χ2n) is 6.36. The Morgan fingerprint density at radius 2 is 1.91 bits per heavy atom. The van der Waals surface area contributed by atoms with Gasteiger partial charge in [0.05, 0.1) is 12.0 Å². The summed E-state index contributed by atoms with van der Waals surface area (Å²) in [6.07, 6.45) is 1.24. The number of carboxylic acid groups (broad SMARTS) is 1. The second kappa shape index (κ2) is 6.49. The molecule has 1 N–H and O–H groups in total. The van der Waals surface area contributed by atoms with Crippen LogP contribution in [-0.4, -0.2) is 47.2 Å². The van der Waals surface area contributed by atoms with Gasteiger partial charge >= 0.3 is 5.97 Å². The highest BCUT2D eigenvalue weighted by Crippen LogP contribution is 2.35. The molecule has 0 spiro atoms. The molecule has 1 aromatic rings. The largest absolute Gasteiger partial charge is 0.481 e. The lowest BCUT2D eigenvalue weighted by Crippen LogP contribution is -2.38. The van der Waals surface area contributed by atoms with Gasteiger partial charge in [-0.2, -0.15) is 0 Å². The van der Waals surface area contributed by atoms with Crippen molar-refractivity contribution in [1.29, 1.82) is 0 Å². The molecule has 2 saturated heterocycles. The number of benzene rings is 1. The zero-order valence-electron chi connectivity index (χ0n) is 12.9. The molecule has 2 heterocycles. The number of rotatable bonds is 3. The van der Waals surface area contributed by atoms with Crippen LogP contribution in [0.4, 0.5) is 0 Å². The molecule has 5 nitrogen and oxygen atoms in total. The number of carbonyl (C=O) groups excluding carboxylic acids is 1. The van der Waals surface area contributed by atoms with E-state index in [1.165, 1.54) is 0 Å². The number of amides is 1. The van der Waals surface area contributed by atoms with Crippen molar-refractivity contribution in [2.45, 2.75) is 37.9 Å². The summed E-state index contributed by atoms with van der Waals surface area (Å²) in [6, 6.07) is 7.18. The number of carbonyl (C=O) groups is 2. The zero-order valence-corrected chi connectivity index (χ0v) is 13.7. The molecule has 0 aliphatic carbocycles. The van der Waals surface area contributed by atoms with Crippen molar-refractivity contribution in [1.82, 2.24) is 4.90 Å². The lowest BCUT2D eigenvalue weighted by atomic mass is 9.89. The molecule has 4 atom stereocenters. The number of hydrogen-bond donors (Lipinski definition) is 1.